The first-order valence-electron chi connectivity index (χ1n) is 11.0. The van der Waals surface area contributed by atoms with Gasteiger partial charge in [-0.15, -0.1) is 0 Å². The van der Waals surface area contributed by atoms with Crippen LogP contribution in [0.2, 0.25) is 0 Å². The summed E-state index contributed by atoms with van der Waals surface area (Å²) in [4.78, 5) is 12.7. The quantitative estimate of drug-likeness (QED) is 0.180. The van der Waals surface area contributed by atoms with Crippen LogP contribution in [-0.2, 0) is 4.79 Å². The molecular weight excluding hydrogens is 294 g/mol. The van der Waals surface area contributed by atoms with Crippen LogP contribution >= 0.6 is 0 Å². The molecule has 0 aliphatic rings. The van der Waals surface area contributed by atoms with Crippen LogP contribution in [0.15, 0.2) is 0 Å². The molecular formula is C22H45NO. The van der Waals surface area contributed by atoms with E-state index < -0.39 is 0 Å². The molecule has 144 valence electrons. The van der Waals surface area contributed by atoms with Crippen molar-refractivity contribution < 1.29 is 4.79 Å². The van der Waals surface area contributed by atoms with Crippen LogP contribution in [0.3, 0.4) is 0 Å². The highest BCUT2D eigenvalue weighted by Gasteiger charge is 1.98. The minimum atomic E-state index is 0.760. The van der Waals surface area contributed by atoms with Crippen molar-refractivity contribution in [2.45, 2.75) is 117 Å². The van der Waals surface area contributed by atoms with Crippen LogP contribution in [0.1, 0.15) is 117 Å². The Labute approximate surface area is 152 Å². The number of rotatable bonds is 20. The highest BCUT2D eigenvalue weighted by Crippen LogP contribution is 2.13. The van der Waals surface area contributed by atoms with Gasteiger partial charge in [-0.05, 0) is 32.5 Å². The first kappa shape index (κ1) is 23.6. The van der Waals surface area contributed by atoms with E-state index in [0.29, 0.717) is 0 Å². The molecule has 2 nitrogen and oxygen atoms in total. The molecule has 0 unspecified atom stereocenters. The summed E-state index contributed by atoms with van der Waals surface area (Å²) in [5, 5.41) is 0. The first-order valence-corrected chi connectivity index (χ1v) is 11.0. The maximum Gasteiger partial charge on any atom is 0.119 e. The molecule has 0 aromatic carbocycles. The van der Waals surface area contributed by atoms with Gasteiger partial charge in [-0.3, -0.25) is 0 Å². The standard InChI is InChI=1S/C22H45NO/c1-3-23(4-2)21-19-17-15-13-11-9-7-5-6-8-10-12-14-16-18-20-22-24/h22H,3-21H2,1-2H3. The maximum atomic E-state index is 10.2. The molecule has 0 aliphatic carbocycles. The molecule has 0 heterocycles. The summed E-state index contributed by atoms with van der Waals surface area (Å²) in [6.07, 6.45) is 22.5. The van der Waals surface area contributed by atoms with Gasteiger partial charge in [0.1, 0.15) is 6.29 Å². The zero-order valence-corrected chi connectivity index (χ0v) is 16.9. The summed E-state index contributed by atoms with van der Waals surface area (Å²) in [6.45, 7) is 8.23. The van der Waals surface area contributed by atoms with Crippen molar-refractivity contribution in [2.75, 3.05) is 19.6 Å². The Bertz CT molecular complexity index is 238. The van der Waals surface area contributed by atoms with E-state index in [0.717, 1.165) is 19.1 Å². The fraction of sp³-hybridized carbons (Fsp3) is 0.955. The van der Waals surface area contributed by atoms with Gasteiger partial charge in [-0.25, -0.2) is 0 Å². The first-order chi connectivity index (χ1) is 11.8. The second kappa shape index (κ2) is 20.7. The van der Waals surface area contributed by atoms with E-state index in [2.05, 4.69) is 18.7 Å². The van der Waals surface area contributed by atoms with Crippen molar-refractivity contribution in [1.29, 1.82) is 0 Å². The van der Waals surface area contributed by atoms with Crippen molar-refractivity contribution >= 4 is 6.29 Å². The number of aldehydes is 1. The van der Waals surface area contributed by atoms with Crippen molar-refractivity contribution in [3.63, 3.8) is 0 Å². The van der Waals surface area contributed by atoms with Crippen LogP contribution in [0, 0.1) is 0 Å². The number of unbranched alkanes of at least 4 members (excludes halogenated alkanes) is 15. The molecule has 0 rings (SSSR count). The average molecular weight is 340 g/mol. The van der Waals surface area contributed by atoms with E-state index in [1.54, 1.807) is 0 Å². The van der Waals surface area contributed by atoms with Gasteiger partial charge in [0.25, 0.3) is 0 Å². The van der Waals surface area contributed by atoms with Gasteiger partial charge in [0.05, 0.1) is 0 Å². The highest BCUT2D eigenvalue weighted by atomic mass is 16.1. The van der Waals surface area contributed by atoms with Gasteiger partial charge < -0.3 is 9.69 Å². The Morgan fingerprint density at radius 1 is 0.542 bits per heavy atom. The van der Waals surface area contributed by atoms with Crippen LogP contribution in [0.5, 0.6) is 0 Å². The zero-order chi connectivity index (χ0) is 17.7. The van der Waals surface area contributed by atoms with E-state index in [-0.39, 0.29) is 0 Å². The second-order valence-electron chi connectivity index (χ2n) is 7.29. The van der Waals surface area contributed by atoms with Crippen LogP contribution in [0.4, 0.5) is 0 Å². The van der Waals surface area contributed by atoms with Gasteiger partial charge >= 0.3 is 0 Å². The number of carbonyl (C=O) groups is 1. The molecule has 0 aliphatic heterocycles. The fourth-order valence-corrected chi connectivity index (χ4v) is 3.40. The summed E-state index contributed by atoms with van der Waals surface area (Å²) in [5.41, 5.74) is 0. The molecule has 0 spiro atoms. The summed E-state index contributed by atoms with van der Waals surface area (Å²) < 4.78 is 0. The van der Waals surface area contributed by atoms with Gasteiger partial charge in [-0.2, -0.15) is 0 Å². The molecule has 0 saturated carbocycles. The largest absolute Gasteiger partial charge is 0.304 e. The predicted molar refractivity (Wildman–Crippen MR) is 108 cm³/mol. The Kier molecular flexibility index (Phi) is 20.4. The molecule has 0 amide bonds. The molecule has 0 saturated heterocycles. The lowest BCUT2D eigenvalue weighted by molar-refractivity contribution is -0.107. The molecule has 24 heavy (non-hydrogen) atoms. The highest BCUT2D eigenvalue weighted by molar-refractivity contribution is 5.48. The monoisotopic (exact) mass is 339 g/mol. The second-order valence-corrected chi connectivity index (χ2v) is 7.29. The average Bonchev–Trinajstić information content (AvgIpc) is 2.61. The lowest BCUT2D eigenvalue weighted by Crippen LogP contribution is -2.23. The SMILES string of the molecule is CCN(CC)CCCCCCCCCCCCCCCCCC=O. The van der Waals surface area contributed by atoms with Crippen LogP contribution in [-0.4, -0.2) is 30.8 Å². The Morgan fingerprint density at radius 3 is 1.21 bits per heavy atom. The lowest BCUT2D eigenvalue weighted by atomic mass is 10.0. The Hall–Kier alpha value is -0.370. The van der Waals surface area contributed by atoms with Crippen LogP contribution in [0.25, 0.3) is 0 Å². The molecule has 2 heteroatoms. The van der Waals surface area contributed by atoms with E-state index in [1.165, 1.54) is 110 Å². The van der Waals surface area contributed by atoms with Crippen molar-refractivity contribution in [3.8, 4) is 0 Å². The van der Waals surface area contributed by atoms with Crippen molar-refractivity contribution in [2.24, 2.45) is 0 Å². The summed E-state index contributed by atoms with van der Waals surface area (Å²) in [6, 6.07) is 0. The smallest absolute Gasteiger partial charge is 0.119 e. The van der Waals surface area contributed by atoms with Gasteiger partial charge in [0.2, 0.25) is 0 Å². The molecule has 0 fully saturated rings. The van der Waals surface area contributed by atoms with Crippen LogP contribution < -0.4 is 0 Å². The summed E-state index contributed by atoms with van der Waals surface area (Å²) in [5.74, 6) is 0. The number of carbonyl (C=O) groups excluding carboxylic acids is 1. The molecule has 0 aromatic heterocycles. The third-order valence-corrected chi connectivity index (χ3v) is 5.19. The van der Waals surface area contributed by atoms with Crippen molar-refractivity contribution in [1.82, 2.24) is 4.90 Å². The number of hydrogen-bond donors (Lipinski definition) is 0. The summed E-state index contributed by atoms with van der Waals surface area (Å²) >= 11 is 0. The Morgan fingerprint density at radius 2 is 0.875 bits per heavy atom. The van der Waals surface area contributed by atoms with Gasteiger partial charge in [-0.1, -0.05) is 97.3 Å². The minimum absolute atomic E-state index is 0.760. The van der Waals surface area contributed by atoms with Crippen molar-refractivity contribution in [3.05, 3.63) is 0 Å². The van der Waals surface area contributed by atoms with E-state index in [9.17, 15) is 4.79 Å². The van der Waals surface area contributed by atoms with E-state index in [4.69, 9.17) is 0 Å². The molecule has 0 aromatic rings. The number of hydrogen-bond acceptors (Lipinski definition) is 2. The normalized spacial score (nSPS) is 11.3. The molecule has 0 bridgehead atoms. The topological polar surface area (TPSA) is 20.3 Å². The third kappa shape index (κ3) is 18.0. The molecule has 0 atom stereocenters. The predicted octanol–water partition coefficient (Wildman–Crippen LogP) is 6.77. The van der Waals surface area contributed by atoms with E-state index in [1.807, 2.05) is 0 Å². The molecule has 0 N–H and O–H groups in total. The lowest BCUT2D eigenvalue weighted by Gasteiger charge is -2.17. The number of nitrogens with zero attached hydrogens (tertiary/aromatic N) is 1. The minimum Gasteiger partial charge on any atom is -0.304 e. The Balaban J connectivity index is 3.04. The summed E-state index contributed by atoms with van der Waals surface area (Å²) in [7, 11) is 0. The molecule has 0 radical (unpaired) electrons. The zero-order valence-electron chi connectivity index (χ0n) is 16.9. The van der Waals surface area contributed by atoms with E-state index >= 15 is 0 Å². The third-order valence-electron chi connectivity index (χ3n) is 5.19. The fourth-order valence-electron chi connectivity index (χ4n) is 3.40. The van der Waals surface area contributed by atoms with Gasteiger partial charge in [0.15, 0.2) is 0 Å². The van der Waals surface area contributed by atoms with Gasteiger partial charge in [0, 0.05) is 6.42 Å². The maximum absolute atomic E-state index is 10.2.